The van der Waals surface area contributed by atoms with Gasteiger partial charge in [0.05, 0.1) is 34.8 Å². The fourth-order valence-corrected chi connectivity index (χ4v) is 3.84. The van der Waals surface area contributed by atoms with Crippen molar-refractivity contribution in [1.29, 1.82) is 0 Å². The summed E-state index contributed by atoms with van der Waals surface area (Å²) in [5.41, 5.74) is 3.25. The van der Waals surface area contributed by atoms with Crippen LogP contribution in [0, 0.1) is 6.92 Å². The van der Waals surface area contributed by atoms with Crippen LogP contribution in [0.1, 0.15) is 28.5 Å². The Morgan fingerprint density at radius 2 is 2.11 bits per heavy atom. The predicted molar refractivity (Wildman–Crippen MR) is 107 cm³/mol. The van der Waals surface area contributed by atoms with Crippen LogP contribution in [0.5, 0.6) is 5.88 Å². The molecular weight excluding hydrogens is 376 g/mol. The highest BCUT2D eigenvalue weighted by molar-refractivity contribution is 7.22. The number of thiazole rings is 1. The highest BCUT2D eigenvalue weighted by atomic mass is 32.1. The molecule has 1 amide bonds. The van der Waals surface area contributed by atoms with Crippen LogP contribution < -0.4 is 10.1 Å². The Kier molecular flexibility index (Phi) is 4.74. The fourth-order valence-electron chi connectivity index (χ4n) is 2.89. The van der Waals surface area contributed by atoms with Crippen molar-refractivity contribution in [1.82, 2.24) is 25.0 Å². The maximum atomic E-state index is 12.8. The first-order valence-electron chi connectivity index (χ1n) is 8.72. The average molecular weight is 394 g/mol. The van der Waals surface area contributed by atoms with Crippen molar-refractivity contribution in [3.05, 3.63) is 53.3 Å². The van der Waals surface area contributed by atoms with Crippen molar-refractivity contribution in [3.8, 4) is 11.7 Å². The van der Waals surface area contributed by atoms with E-state index in [1.54, 1.807) is 16.8 Å². The molecule has 0 aliphatic rings. The van der Waals surface area contributed by atoms with Gasteiger partial charge in [-0.2, -0.15) is 5.10 Å². The second-order valence-corrected chi connectivity index (χ2v) is 7.18. The van der Waals surface area contributed by atoms with Crippen molar-refractivity contribution >= 4 is 32.6 Å². The maximum absolute atomic E-state index is 12.8. The van der Waals surface area contributed by atoms with Crippen LogP contribution in [0.2, 0.25) is 0 Å². The predicted octanol–water partition coefficient (Wildman–Crippen LogP) is 3.40. The van der Waals surface area contributed by atoms with E-state index in [2.05, 4.69) is 31.7 Å². The number of nitrogens with one attached hydrogen (secondary N) is 1. The average Bonchev–Trinajstić information content (AvgIpc) is 3.30. The Labute approximate surface area is 165 Å². The number of carbonyl (C=O) groups excluding carboxylic acids is 1. The molecule has 4 rings (SSSR count). The number of nitrogens with zero attached hydrogens (tertiary/aromatic N) is 5. The number of hydrogen-bond donors (Lipinski definition) is 1. The van der Waals surface area contributed by atoms with E-state index in [9.17, 15) is 4.79 Å². The molecule has 8 nitrogen and oxygen atoms in total. The van der Waals surface area contributed by atoms with Crippen LogP contribution in [0.4, 0.5) is 5.13 Å². The van der Waals surface area contributed by atoms with Crippen molar-refractivity contribution in [2.75, 3.05) is 12.4 Å². The van der Waals surface area contributed by atoms with Crippen LogP contribution in [-0.2, 0) is 6.42 Å². The van der Waals surface area contributed by atoms with Crippen molar-refractivity contribution in [3.63, 3.8) is 0 Å². The molecule has 0 spiro atoms. The Balaban J connectivity index is 1.62. The molecule has 0 bridgehead atoms. The summed E-state index contributed by atoms with van der Waals surface area (Å²) in [6, 6.07) is 9.46. The zero-order valence-electron chi connectivity index (χ0n) is 15.6. The number of aryl methyl sites for hydroxylation is 1. The number of ether oxygens (including phenoxy) is 1. The number of methoxy groups -OCH3 is 1. The molecule has 0 atom stereocenters. The zero-order chi connectivity index (χ0) is 19.7. The second kappa shape index (κ2) is 7.35. The molecule has 0 aliphatic heterocycles. The van der Waals surface area contributed by atoms with Gasteiger partial charge in [0.25, 0.3) is 5.91 Å². The normalized spacial score (nSPS) is 11.0. The van der Waals surface area contributed by atoms with Gasteiger partial charge in [-0.15, -0.1) is 10.2 Å². The second-order valence-electron chi connectivity index (χ2n) is 6.15. The van der Waals surface area contributed by atoms with Gasteiger partial charge in [-0.25, -0.2) is 9.67 Å². The lowest BCUT2D eigenvalue weighted by Crippen LogP contribution is -2.14. The van der Waals surface area contributed by atoms with E-state index in [0.717, 1.165) is 21.5 Å². The Bertz CT molecular complexity index is 1150. The van der Waals surface area contributed by atoms with Crippen molar-refractivity contribution in [2.45, 2.75) is 20.3 Å². The van der Waals surface area contributed by atoms with E-state index in [-0.39, 0.29) is 5.91 Å². The lowest BCUT2D eigenvalue weighted by atomic mass is 10.2. The number of aromatic nitrogens is 5. The first-order chi connectivity index (χ1) is 13.6. The van der Waals surface area contributed by atoms with Gasteiger partial charge in [-0.3, -0.25) is 10.1 Å². The largest absolute Gasteiger partial charge is 0.480 e. The van der Waals surface area contributed by atoms with Crippen LogP contribution in [0.15, 0.2) is 36.5 Å². The van der Waals surface area contributed by atoms with Gasteiger partial charge < -0.3 is 4.74 Å². The molecule has 0 saturated heterocycles. The van der Waals surface area contributed by atoms with Crippen molar-refractivity contribution < 1.29 is 9.53 Å². The Morgan fingerprint density at radius 1 is 1.25 bits per heavy atom. The van der Waals surface area contributed by atoms with E-state index in [1.807, 2.05) is 26.0 Å². The molecule has 9 heteroatoms. The van der Waals surface area contributed by atoms with E-state index in [4.69, 9.17) is 4.74 Å². The summed E-state index contributed by atoms with van der Waals surface area (Å²) in [7, 11) is 1.53. The minimum Gasteiger partial charge on any atom is -0.480 e. The molecule has 0 unspecified atom stereocenters. The van der Waals surface area contributed by atoms with Crippen LogP contribution in [0.3, 0.4) is 0 Å². The molecule has 3 aromatic heterocycles. The number of carbonyl (C=O) groups is 1. The van der Waals surface area contributed by atoms with Gasteiger partial charge in [0.1, 0.15) is 0 Å². The first kappa shape index (κ1) is 18.1. The molecule has 4 aromatic rings. The van der Waals surface area contributed by atoms with Crippen molar-refractivity contribution in [2.24, 2.45) is 0 Å². The summed E-state index contributed by atoms with van der Waals surface area (Å²) < 4.78 is 7.68. The quantitative estimate of drug-likeness (QED) is 0.557. The van der Waals surface area contributed by atoms with Gasteiger partial charge in [0.15, 0.2) is 10.9 Å². The van der Waals surface area contributed by atoms with Gasteiger partial charge in [0, 0.05) is 6.07 Å². The molecule has 0 radical (unpaired) electrons. The van der Waals surface area contributed by atoms with Crippen LogP contribution >= 0.6 is 11.3 Å². The topological polar surface area (TPSA) is 94.8 Å². The minimum absolute atomic E-state index is 0.250. The smallest absolute Gasteiger partial charge is 0.260 e. The maximum Gasteiger partial charge on any atom is 0.260 e. The SMILES string of the molecule is CCc1c(C(=O)Nc2nc3ccc(C)cc3s2)cnn1-c1ccc(OC)nn1. The Hall–Kier alpha value is -3.33. The molecule has 3 heterocycles. The molecule has 1 N–H and O–H groups in total. The lowest BCUT2D eigenvalue weighted by molar-refractivity contribution is 0.102. The summed E-state index contributed by atoms with van der Waals surface area (Å²) in [5.74, 6) is 0.686. The van der Waals surface area contributed by atoms with Gasteiger partial charge in [-0.1, -0.05) is 24.3 Å². The lowest BCUT2D eigenvalue weighted by Gasteiger charge is -2.07. The highest BCUT2D eigenvalue weighted by Crippen LogP contribution is 2.27. The molecule has 0 aliphatic carbocycles. The monoisotopic (exact) mass is 394 g/mol. The third-order valence-corrected chi connectivity index (χ3v) is 5.20. The minimum atomic E-state index is -0.250. The van der Waals surface area contributed by atoms with Crippen LogP contribution in [-0.4, -0.2) is 38.0 Å². The zero-order valence-corrected chi connectivity index (χ0v) is 16.4. The third kappa shape index (κ3) is 3.31. The number of rotatable bonds is 5. The van der Waals surface area contributed by atoms with Gasteiger partial charge in [-0.05, 0) is 37.1 Å². The van der Waals surface area contributed by atoms with Gasteiger partial charge in [0.2, 0.25) is 5.88 Å². The summed E-state index contributed by atoms with van der Waals surface area (Å²) >= 11 is 1.45. The van der Waals surface area contributed by atoms with Gasteiger partial charge >= 0.3 is 0 Å². The summed E-state index contributed by atoms with van der Waals surface area (Å²) in [6.45, 7) is 3.99. The first-order valence-corrected chi connectivity index (χ1v) is 9.54. The fraction of sp³-hybridized carbons (Fsp3) is 0.211. The van der Waals surface area contributed by atoms with E-state index in [0.29, 0.717) is 28.8 Å². The number of fused-ring (bicyclic) bond motifs is 1. The van der Waals surface area contributed by atoms with E-state index < -0.39 is 0 Å². The van der Waals surface area contributed by atoms with E-state index in [1.165, 1.54) is 24.6 Å². The molecule has 1 aromatic carbocycles. The molecule has 142 valence electrons. The number of hydrogen-bond acceptors (Lipinski definition) is 7. The molecule has 0 saturated carbocycles. The molecule has 0 fully saturated rings. The molecule has 28 heavy (non-hydrogen) atoms. The van der Waals surface area contributed by atoms with E-state index >= 15 is 0 Å². The number of amides is 1. The van der Waals surface area contributed by atoms with Crippen LogP contribution in [0.25, 0.3) is 16.0 Å². The number of anilines is 1. The standard InChI is InChI=1S/C19H18N6O2S/c1-4-14-12(10-20-25(14)16-7-8-17(27-3)24-23-16)18(26)22-19-21-13-6-5-11(2)9-15(13)28-19/h5-10H,4H2,1-3H3,(H,21,22,26). The summed E-state index contributed by atoms with van der Waals surface area (Å²) in [6.07, 6.45) is 2.15. The summed E-state index contributed by atoms with van der Waals surface area (Å²) in [4.78, 5) is 17.3. The molecular formula is C19H18N6O2S. The highest BCUT2D eigenvalue weighted by Gasteiger charge is 2.19. The summed E-state index contributed by atoms with van der Waals surface area (Å²) in [5, 5.41) is 15.8. The number of benzene rings is 1. The Morgan fingerprint density at radius 3 is 2.82 bits per heavy atom. The third-order valence-electron chi connectivity index (χ3n) is 4.26.